The van der Waals surface area contributed by atoms with Crippen LogP contribution in [0.25, 0.3) is 0 Å². The highest BCUT2D eigenvalue weighted by Gasteiger charge is 2.32. The second-order valence-electron chi connectivity index (χ2n) is 4.79. The van der Waals surface area contributed by atoms with Gasteiger partial charge in [0.25, 0.3) is 0 Å². The molecule has 0 aromatic heterocycles. The van der Waals surface area contributed by atoms with Gasteiger partial charge in [0.2, 0.25) is 0 Å². The summed E-state index contributed by atoms with van der Waals surface area (Å²) in [6.45, 7) is 2.59. The van der Waals surface area contributed by atoms with Gasteiger partial charge in [-0.3, -0.25) is 4.79 Å². The molecule has 0 radical (unpaired) electrons. The number of ether oxygens (including phenoxy) is 1. The van der Waals surface area contributed by atoms with Crippen LogP contribution in [0.4, 0.5) is 8.78 Å². The van der Waals surface area contributed by atoms with Crippen LogP contribution in [0.3, 0.4) is 0 Å². The highest BCUT2D eigenvalue weighted by atomic mass is 79.9. The maximum Gasteiger partial charge on any atom is 0.166 e. The Hall–Kier alpha value is -0.810. The largest absolute Gasteiger partial charge is 0.378 e. The van der Waals surface area contributed by atoms with Crippen LogP contribution in [0.5, 0.6) is 0 Å². The number of hydrogen-bond acceptors (Lipinski definition) is 2. The number of hydrogen-bond donors (Lipinski definition) is 0. The molecule has 1 aliphatic rings. The van der Waals surface area contributed by atoms with Crippen molar-refractivity contribution in [1.29, 1.82) is 0 Å². The third-order valence-corrected chi connectivity index (χ3v) is 3.99. The van der Waals surface area contributed by atoms with Crippen molar-refractivity contribution >= 4 is 21.7 Å². The number of carbonyl (C=O) groups excluding carboxylic acids is 1. The van der Waals surface area contributed by atoms with Gasteiger partial charge in [-0.05, 0) is 53.7 Å². The highest BCUT2D eigenvalue weighted by Crippen LogP contribution is 2.34. The van der Waals surface area contributed by atoms with E-state index in [1.165, 1.54) is 0 Å². The smallest absolute Gasteiger partial charge is 0.166 e. The van der Waals surface area contributed by atoms with Crippen molar-refractivity contribution < 1.29 is 18.3 Å². The molecule has 0 heterocycles. The molecule has 1 aromatic carbocycles. The van der Waals surface area contributed by atoms with E-state index in [-0.39, 0.29) is 34.3 Å². The van der Waals surface area contributed by atoms with E-state index >= 15 is 0 Å². The highest BCUT2D eigenvalue weighted by molar-refractivity contribution is 9.10. The van der Waals surface area contributed by atoms with E-state index in [9.17, 15) is 13.6 Å². The summed E-state index contributed by atoms with van der Waals surface area (Å²) >= 11 is 2.89. The average molecular weight is 333 g/mol. The van der Waals surface area contributed by atoms with E-state index < -0.39 is 11.6 Å². The molecule has 104 valence electrons. The van der Waals surface area contributed by atoms with Gasteiger partial charge in [-0.2, -0.15) is 0 Å². The zero-order valence-corrected chi connectivity index (χ0v) is 12.2. The van der Waals surface area contributed by atoms with E-state index in [0.29, 0.717) is 6.61 Å². The van der Waals surface area contributed by atoms with Gasteiger partial charge in [0.15, 0.2) is 5.78 Å². The molecule has 0 amide bonds. The lowest BCUT2D eigenvalue weighted by molar-refractivity contribution is -0.0246. The Morgan fingerprint density at radius 1 is 1.37 bits per heavy atom. The van der Waals surface area contributed by atoms with E-state index in [1.54, 1.807) is 0 Å². The Balaban J connectivity index is 1.96. The summed E-state index contributed by atoms with van der Waals surface area (Å²) in [6, 6.07) is 1.95. The van der Waals surface area contributed by atoms with Crippen molar-refractivity contribution in [2.45, 2.75) is 32.3 Å². The number of Topliss-reactive ketones (excluding diaryl/α,β-unsaturated/α-hetero) is 1. The molecular formula is C14H15BrF2O2. The second kappa shape index (κ2) is 6.09. The summed E-state index contributed by atoms with van der Waals surface area (Å²) in [5.41, 5.74) is -0.166. The molecule has 1 aliphatic carbocycles. The van der Waals surface area contributed by atoms with Crippen molar-refractivity contribution in [1.82, 2.24) is 0 Å². The molecule has 2 rings (SSSR count). The molecule has 19 heavy (non-hydrogen) atoms. The van der Waals surface area contributed by atoms with Gasteiger partial charge in [0.1, 0.15) is 11.6 Å². The fourth-order valence-corrected chi connectivity index (χ4v) is 2.64. The predicted octanol–water partition coefficient (Wildman–Crippen LogP) is 4.12. The van der Waals surface area contributed by atoms with E-state index in [1.807, 2.05) is 6.92 Å². The first-order valence-electron chi connectivity index (χ1n) is 6.30. The molecule has 1 aromatic rings. The van der Waals surface area contributed by atoms with Gasteiger partial charge in [0.05, 0.1) is 16.1 Å². The molecule has 0 spiro atoms. The summed E-state index contributed by atoms with van der Waals surface area (Å²) in [5.74, 6) is -1.43. The Kier molecular flexibility index (Phi) is 4.68. The fourth-order valence-electron chi connectivity index (χ4n) is 2.32. The molecule has 0 unspecified atom stereocenters. The molecule has 5 heteroatoms. The molecule has 0 atom stereocenters. The lowest BCUT2D eigenvalue weighted by Crippen LogP contribution is -2.32. The molecule has 2 nitrogen and oxygen atoms in total. The van der Waals surface area contributed by atoms with Crippen molar-refractivity contribution in [3.8, 4) is 0 Å². The number of rotatable bonds is 5. The normalized spacial score (nSPS) is 22.1. The first-order chi connectivity index (χ1) is 9.01. The number of carbonyl (C=O) groups is 1. The maximum atomic E-state index is 13.6. The van der Waals surface area contributed by atoms with E-state index in [0.717, 1.165) is 25.0 Å². The number of halogens is 3. The van der Waals surface area contributed by atoms with Gasteiger partial charge in [-0.1, -0.05) is 0 Å². The minimum absolute atomic E-state index is 0.0293. The molecule has 0 aliphatic heterocycles. The van der Waals surface area contributed by atoms with Gasteiger partial charge >= 0.3 is 0 Å². The lowest BCUT2D eigenvalue weighted by atomic mass is 9.78. The van der Waals surface area contributed by atoms with Crippen molar-refractivity contribution in [2.24, 2.45) is 5.92 Å². The minimum atomic E-state index is -0.682. The van der Waals surface area contributed by atoms with Crippen molar-refractivity contribution in [3.63, 3.8) is 0 Å². The van der Waals surface area contributed by atoms with Crippen LogP contribution in [-0.2, 0) is 4.74 Å². The van der Waals surface area contributed by atoms with Gasteiger partial charge in [-0.15, -0.1) is 0 Å². The third kappa shape index (κ3) is 3.39. The number of ketones is 1. The predicted molar refractivity (Wildman–Crippen MR) is 71.1 cm³/mol. The van der Waals surface area contributed by atoms with Gasteiger partial charge < -0.3 is 4.74 Å². The maximum absolute atomic E-state index is 13.6. The van der Waals surface area contributed by atoms with Crippen LogP contribution in [0, 0.1) is 17.6 Å². The Morgan fingerprint density at radius 3 is 2.68 bits per heavy atom. The second-order valence-corrected chi connectivity index (χ2v) is 5.64. The lowest BCUT2D eigenvalue weighted by Gasteiger charge is -2.34. The molecule has 0 N–H and O–H groups in total. The first kappa shape index (κ1) is 14.6. The summed E-state index contributed by atoms with van der Waals surface area (Å²) in [4.78, 5) is 11.9. The topological polar surface area (TPSA) is 26.3 Å². The molecular weight excluding hydrogens is 318 g/mol. The van der Waals surface area contributed by atoms with Crippen LogP contribution in [0.1, 0.15) is 36.5 Å². The first-order valence-corrected chi connectivity index (χ1v) is 7.10. The summed E-state index contributed by atoms with van der Waals surface area (Å²) in [7, 11) is 0. The van der Waals surface area contributed by atoms with Crippen LogP contribution in [0.2, 0.25) is 0 Å². The SMILES string of the molecule is CCOC1CC(CC(=O)c2cc(F)c(Br)cc2F)C1. The van der Waals surface area contributed by atoms with E-state index in [4.69, 9.17) is 4.74 Å². The standard InChI is InChI=1S/C14H15BrF2O2/c1-2-19-9-3-8(4-9)5-14(18)10-6-13(17)11(15)7-12(10)16/h6-9H,2-5H2,1H3. The van der Waals surface area contributed by atoms with Crippen LogP contribution < -0.4 is 0 Å². The minimum Gasteiger partial charge on any atom is -0.378 e. The van der Waals surface area contributed by atoms with Crippen LogP contribution in [-0.4, -0.2) is 18.5 Å². The average Bonchev–Trinajstić information content (AvgIpc) is 2.31. The van der Waals surface area contributed by atoms with E-state index in [2.05, 4.69) is 15.9 Å². The van der Waals surface area contributed by atoms with Crippen molar-refractivity contribution in [3.05, 3.63) is 33.8 Å². The van der Waals surface area contributed by atoms with Crippen LogP contribution in [0.15, 0.2) is 16.6 Å². The quantitative estimate of drug-likeness (QED) is 0.599. The Morgan fingerprint density at radius 2 is 2.05 bits per heavy atom. The summed E-state index contributed by atoms with van der Waals surface area (Å²) in [6.07, 6.45) is 2.11. The van der Waals surface area contributed by atoms with Gasteiger partial charge in [-0.25, -0.2) is 8.78 Å². The fraction of sp³-hybridized carbons (Fsp3) is 0.500. The van der Waals surface area contributed by atoms with Crippen LogP contribution >= 0.6 is 15.9 Å². The van der Waals surface area contributed by atoms with Gasteiger partial charge in [0, 0.05) is 13.0 Å². The van der Waals surface area contributed by atoms with Crippen molar-refractivity contribution in [2.75, 3.05) is 6.61 Å². The zero-order valence-electron chi connectivity index (χ0n) is 10.6. The summed E-state index contributed by atoms with van der Waals surface area (Å²) < 4.78 is 32.4. The molecule has 0 bridgehead atoms. The molecule has 0 saturated heterocycles. The monoisotopic (exact) mass is 332 g/mol. The Bertz CT molecular complexity index is 485. The Labute approximate surface area is 119 Å². The molecule has 1 fully saturated rings. The molecule has 1 saturated carbocycles. The number of benzene rings is 1. The third-order valence-electron chi connectivity index (χ3n) is 3.38. The summed E-state index contributed by atoms with van der Waals surface area (Å²) in [5, 5.41) is 0. The zero-order chi connectivity index (χ0) is 14.0.